The first-order valence-electron chi connectivity index (χ1n) is 6.66. The van der Waals surface area contributed by atoms with Crippen LogP contribution in [0, 0.1) is 0 Å². The van der Waals surface area contributed by atoms with Crippen LogP contribution in [0.5, 0.6) is 0 Å². The van der Waals surface area contributed by atoms with Gasteiger partial charge in [0.15, 0.2) is 0 Å². The summed E-state index contributed by atoms with van der Waals surface area (Å²) in [5.41, 5.74) is 1.36. The summed E-state index contributed by atoms with van der Waals surface area (Å²) < 4.78 is 0. The molecule has 0 bridgehead atoms. The van der Waals surface area contributed by atoms with Crippen molar-refractivity contribution in [2.24, 2.45) is 0 Å². The van der Waals surface area contributed by atoms with Gasteiger partial charge in [0.1, 0.15) is 0 Å². The van der Waals surface area contributed by atoms with Gasteiger partial charge in [0.25, 0.3) is 5.91 Å². The Morgan fingerprint density at radius 3 is 2.83 bits per heavy atom. The molecule has 2 N–H and O–H groups in total. The van der Waals surface area contributed by atoms with E-state index in [0.717, 1.165) is 17.7 Å². The largest absolute Gasteiger partial charge is 0.393 e. The molecule has 18 heavy (non-hydrogen) atoms. The second-order valence-corrected chi connectivity index (χ2v) is 6.36. The number of hydrogen-bond acceptors (Lipinski definition) is 3. The monoisotopic (exact) mass is 267 g/mol. The average molecular weight is 267 g/mol. The number of carbonyl (C=O) groups excluding carboxylic acids is 1. The maximum Gasteiger partial charge on any atom is 0.261 e. The Balaban J connectivity index is 1.98. The normalized spacial score (nSPS) is 17.9. The van der Waals surface area contributed by atoms with Gasteiger partial charge in [-0.25, -0.2) is 0 Å². The lowest BCUT2D eigenvalue weighted by Crippen LogP contribution is -2.34. The van der Waals surface area contributed by atoms with E-state index < -0.39 is 0 Å². The summed E-state index contributed by atoms with van der Waals surface area (Å²) in [6.07, 6.45) is 4.93. The molecule has 3 nitrogen and oxygen atoms in total. The van der Waals surface area contributed by atoms with Gasteiger partial charge < -0.3 is 10.4 Å². The second kappa shape index (κ2) is 5.85. The van der Waals surface area contributed by atoms with Crippen molar-refractivity contribution in [1.29, 1.82) is 0 Å². The summed E-state index contributed by atoms with van der Waals surface area (Å²) in [6.45, 7) is 3.67. The van der Waals surface area contributed by atoms with Gasteiger partial charge in [-0.15, -0.1) is 11.3 Å². The molecule has 1 aromatic heterocycles. The lowest BCUT2D eigenvalue weighted by atomic mass is 9.99. The van der Waals surface area contributed by atoms with E-state index in [0.29, 0.717) is 6.42 Å². The van der Waals surface area contributed by atoms with Crippen molar-refractivity contribution in [3.8, 4) is 0 Å². The SMILES string of the molecule is CC(O)CC(C)NC(=O)c1cc2c(s1)CCCC2. The molecule has 0 saturated heterocycles. The molecule has 1 aromatic rings. The van der Waals surface area contributed by atoms with E-state index >= 15 is 0 Å². The summed E-state index contributed by atoms with van der Waals surface area (Å²) >= 11 is 1.63. The fourth-order valence-electron chi connectivity index (χ4n) is 2.47. The van der Waals surface area contributed by atoms with Crippen LogP contribution in [0.25, 0.3) is 0 Å². The van der Waals surface area contributed by atoms with Gasteiger partial charge in [0.05, 0.1) is 11.0 Å². The first kappa shape index (κ1) is 13.6. The third-order valence-electron chi connectivity index (χ3n) is 3.29. The Hall–Kier alpha value is -0.870. The number of aryl methyl sites for hydroxylation is 2. The van der Waals surface area contributed by atoms with Gasteiger partial charge >= 0.3 is 0 Å². The van der Waals surface area contributed by atoms with Crippen LogP contribution >= 0.6 is 11.3 Å². The molecule has 2 rings (SSSR count). The third-order valence-corrected chi connectivity index (χ3v) is 4.53. The van der Waals surface area contributed by atoms with Gasteiger partial charge in [-0.3, -0.25) is 4.79 Å². The molecule has 0 radical (unpaired) electrons. The number of fused-ring (bicyclic) bond motifs is 1. The fraction of sp³-hybridized carbons (Fsp3) is 0.643. The zero-order valence-electron chi connectivity index (χ0n) is 11.0. The molecule has 0 saturated carbocycles. The van der Waals surface area contributed by atoms with Crippen molar-refractivity contribution in [2.45, 2.75) is 58.1 Å². The number of amides is 1. The van der Waals surface area contributed by atoms with Crippen LogP contribution in [0.15, 0.2) is 6.07 Å². The van der Waals surface area contributed by atoms with Crippen molar-refractivity contribution in [3.05, 3.63) is 21.4 Å². The van der Waals surface area contributed by atoms with E-state index in [2.05, 4.69) is 5.32 Å². The zero-order valence-corrected chi connectivity index (χ0v) is 11.8. The van der Waals surface area contributed by atoms with Crippen LogP contribution < -0.4 is 5.32 Å². The smallest absolute Gasteiger partial charge is 0.261 e. The molecule has 100 valence electrons. The van der Waals surface area contributed by atoms with E-state index in [1.54, 1.807) is 18.3 Å². The van der Waals surface area contributed by atoms with Crippen LogP contribution in [-0.4, -0.2) is 23.2 Å². The quantitative estimate of drug-likeness (QED) is 0.880. The maximum absolute atomic E-state index is 12.1. The van der Waals surface area contributed by atoms with Gasteiger partial charge in [0, 0.05) is 10.9 Å². The molecule has 0 aromatic carbocycles. The zero-order chi connectivity index (χ0) is 13.1. The average Bonchev–Trinajstić information content (AvgIpc) is 2.71. The Morgan fingerprint density at radius 1 is 1.44 bits per heavy atom. The Kier molecular flexibility index (Phi) is 4.40. The molecular formula is C14H21NO2S. The number of aliphatic hydroxyl groups excluding tert-OH is 1. The van der Waals surface area contributed by atoms with Crippen LogP contribution in [0.4, 0.5) is 0 Å². The molecular weight excluding hydrogens is 246 g/mol. The van der Waals surface area contributed by atoms with Crippen molar-refractivity contribution in [2.75, 3.05) is 0 Å². The Morgan fingerprint density at radius 2 is 2.17 bits per heavy atom. The highest BCUT2D eigenvalue weighted by molar-refractivity contribution is 7.14. The van der Waals surface area contributed by atoms with Crippen LogP contribution in [-0.2, 0) is 12.8 Å². The van der Waals surface area contributed by atoms with E-state index in [1.807, 2.05) is 13.0 Å². The minimum atomic E-state index is -0.378. The predicted octanol–water partition coefficient (Wildman–Crippen LogP) is 2.52. The molecule has 1 heterocycles. The van der Waals surface area contributed by atoms with Crippen molar-refractivity contribution < 1.29 is 9.90 Å². The fourth-order valence-corrected chi connectivity index (χ4v) is 3.62. The topological polar surface area (TPSA) is 49.3 Å². The summed E-state index contributed by atoms with van der Waals surface area (Å²) in [4.78, 5) is 14.3. The standard InChI is InChI=1S/C14H21NO2S/c1-9(7-10(2)16)15-14(17)13-8-11-5-3-4-6-12(11)18-13/h8-10,16H,3-7H2,1-2H3,(H,15,17). The second-order valence-electron chi connectivity index (χ2n) is 5.23. The summed E-state index contributed by atoms with van der Waals surface area (Å²) in [6, 6.07) is 2.06. The maximum atomic E-state index is 12.1. The van der Waals surface area contributed by atoms with Gasteiger partial charge in [-0.1, -0.05) is 0 Å². The van der Waals surface area contributed by atoms with Crippen LogP contribution in [0.1, 0.15) is 53.2 Å². The summed E-state index contributed by atoms with van der Waals surface area (Å²) in [5.74, 6) is 0.00236. The van der Waals surface area contributed by atoms with Crippen LogP contribution in [0.3, 0.4) is 0 Å². The van der Waals surface area contributed by atoms with Gasteiger partial charge in [-0.05, 0) is 57.6 Å². The lowest BCUT2D eigenvalue weighted by Gasteiger charge is -2.14. The predicted molar refractivity (Wildman–Crippen MR) is 74.2 cm³/mol. The summed E-state index contributed by atoms with van der Waals surface area (Å²) in [5, 5.41) is 12.2. The molecule has 1 aliphatic carbocycles. The Bertz CT molecular complexity index is 402. The highest BCUT2D eigenvalue weighted by Crippen LogP contribution is 2.29. The molecule has 4 heteroatoms. The number of aliphatic hydroxyl groups is 1. The molecule has 1 amide bonds. The first-order chi connectivity index (χ1) is 8.56. The Labute approximate surface area is 112 Å². The van der Waals surface area contributed by atoms with E-state index in [4.69, 9.17) is 0 Å². The lowest BCUT2D eigenvalue weighted by molar-refractivity contribution is 0.0927. The van der Waals surface area contributed by atoms with E-state index in [-0.39, 0.29) is 18.1 Å². The molecule has 1 aliphatic rings. The highest BCUT2D eigenvalue weighted by Gasteiger charge is 2.18. The van der Waals surface area contributed by atoms with E-state index in [9.17, 15) is 9.90 Å². The molecule has 0 spiro atoms. The van der Waals surface area contributed by atoms with Crippen LogP contribution in [0.2, 0.25) is 0 Å². The number of carbonyl (C=O) groups is 1. The van der Waals surface area contributed by atoms with Crippen molar-refractivity contribution >= 4 is 17.2 Å². The minimum Gasteiger partial charge on any atom is -0.393 e. The van der Waals surface area contributed by atoms with E-state index in [1.165, 1.54) is 23.3 Å². The number of nitrogens with one attached hydrogen (secondary N) is 1. The first-order valence-corrected chi connectivity index (χ1v) is 7.48. The molecule has 2 unspecified atom stereocenters. The van der Waals surface area contributed by atoms with Gasteiger partial charge in [0.2, 0.25) is 0 Å². The summed E-state index contributed by atoms with van der Waals surface area (Å²) in [7, 11) is 0. The molecule has 0 aliphatic heterocycles. The van der Waals surface area contributed by atoms with Gasteiger partial charge in [-0.2, -0.15) is 0 Å². The molecule has 2 atom stereocenters. The number of rotatable bonds is 4. The third kappa shape index (κ3) is 3.33. The number of thiophene rings is 1. The van der Waals surface area contributed by atoms with Crippen molar-refractivity contribution in [1.82, 2.24) is 5.32 Å². The number of hydrogen-bond donors (Lipinski definition) is 2. The minimum absolute atomic E-state index is 0.00236. The molecule has 0 fully saturated rings. The highest BCUT2D eigenvalue weighted by atomic mass is 32.1. The van der Waals surface area contributed by atoms with Crippen molar-refractivity contribution in [3.63, 3.8) is 0 Å².